The first kappa shape index (κ1) is 20.4. The number of pyridine rings is 1. The molecule has 2 amide bonds. The molecule has 0 spiro atoms. The van der Waals surface area contributed by atoms with Crippen molar-refractivity contribution < 1.29 is 19.4 Å². The first-order chi connectivity index (χ1) is 14.1. The molecule has 0 radical (unpaired) electrons. The van der Waals surface area contributed by atoms with Gasteiger partial charge in [0.25, 0.3) is 5.91 Å². The van der Waals surface area contributed by atoms with E-state index < -0.39 is 17.3 Å². The van der Waals surface area contributed by atoms with Gasteiger partial charge in [0.1, 0.15) is 16.8 Å². The van der Waals surface area contributed by atoms with Crippen LogP contribution in [0.1, 0.15) is 35.3 Å². The van der Waals surface area contributed by atoms with Crippen LogP contribution in [0.2, 0.25) is 0 Å². The summed E-state index contributed by atoms with van der Waals surface area (Å²) >= 11 is 1.24. The molecule has 0 atom stereocenters. The van der Waals surface area contributed by atoms with Gasteiger partial charge in [-0.2, -0.15) is 0 Å². The number of fused-ring (bicyclic) bond motifs is 1. The number of ether oxygens (including phenoxy) is 1. The monoisotopic (exact) mass is 428 g/mol. The molecule has 1 fully saturated rings. The largest absolute Gasteiger partial charge is 0.444 e. The highest BCUT2D eigenvalue weighted by atomic mass is 32.1. The summed E-state index contributed by atoms with van der Waals surface area (Å²) in [4.78, 5) is 33.5. The maximum absolute atomic E-state index is 12.9. The van der Waals surface area contributed by atoms with E-state index in [4.69, 9.17) is 4.74 Å². The minimum atomic E-state index is -1.16. The molecule has 1 saturated heterocycles. The molecule has 1 N–H and O–H groups in total. The fraction of sp³-hybridized carbons (Fsp3) is 0.381. The van der Waals surface area contributed by atoms with Crippen LogP contribution in [0.15, 0.2) is 42.9 Å². The molecule has 1 aliphatic rings. The average molecular weight is 429 g/mol. The van der Waals surface area contributed by atoms with Gasteiger partial charge in [-0.15, -0.1) is 11.3 Å². The Morgan fingerprint density at radius 3 is 2.67 bits per heavy atom. The van der Waals surface area contributed by atoms with Gasteiger partial charge < -0.3 is 24.0 Å². The van der Waals surface area contributed by atoms with E-state index in [0.29, 0.717) is 9.75 Å². The second kappa shape index (κ2) is 7.10. The predicted octanol–water partition coefficient (Wildman–Crippen LogP) is 3.11. The van der Waals surface area contributed by atoms with E-state index in [1.807, 2.05) is 28.9 Å². The second-order valence-corrected chi connectivity index (χ2v) is 9.56. The lowest BCUT2D eigenvalue weighted by molar-refractivity contribution is -0.101. The molecule has 0 saturated carbocycles. The number of aromatic nitrogens is 2. The van der Waals surface area contributed by atoms with Crippen molar-refractivity contribution in [2.75, 3.05) is 25.0 Å². The predicted molar refractivity (Wildman–Crippen MR) is 114 cm³/mol. The highest BCUT2D eigenvalue weighted by Crippen LogP contribution is 2.37. The molecule has 4 rings (SSSR count). The molecular weight excluding hydrogens is 404 g/mol. The number of amides is 2. The molecule has 1 aliphatic heterocycles. The van der Waals surface area contributed by atoms with Crippen molar-refractivity contribution in [2.45, 2.75) is 32.0 Å². The summed E-state index contributed by atoms with van der Waals surface area (Å²) in [5.41, 5.74) is -0.262. The zero-order valence-corrected chi connectivity index (χ0v) is 18.1. The Morgan fingerprint density at radius 1 is 1.23 bits per heavy atom. The van der Waals surface area contributed by atoms with Crippen molar-refractivity contribution in [3.05, 3.63) is 52.6 Å². The van der Waals surface area contributed by atoms with Crippen molar-refractivity contribution in [1.82, 2.24) is 14.3 Å². The van der Waals surface area contributed by atoms with Crippen LogP contribution in [0.25, 0.3) is 5.65 Å². The van der Waals surface area contributed by atoms with Crippen LogP contribution in [0, 0.1) is 0 Å². The summed E-state index contributed by atoms with van der Waals surface area (Å²) < 4.78 is 7.20. The van der Waals surface area contributed by atoms with Crippen molar-refractivity contribution in [3.63, 3.8) is 0 Å². The molecule has 0 aromatic carbocycles. The minimum absolute atomic E-state index is 0.141. The number of carbonyl (C=O) groups is 2. The molecular formula is C21H24N4O4S. The number of imidazole rings is 1. The Balaban J connectivity index is 1.44. The van der Waals surface area contributed by atoms with Crippen LogP contribution in [-0.4, -0.2) is 57.1 Å². The first-order valence-corrected chi connectivity index (χ1v) is 10.4. The van der Waals surface area contributed by atoms with Crippen molar-refractivity contribution in [1.29, 1.82) is 0 Å². The highest BCUT2D eigenvalue weighted by molar-refractivity contribution is 7.14. The van der Waals surface area contributed by atoms with Crippen LogP contribution in [0.3, 0.4) is 0 Å². The number of anilines is 1. The molecule has 158 valence electrons. The number of hydrogen-bond acceptors (Lipinski definition) is 6. The maximum atomic E-state index is 12.9. The fourth-order valence-corrected chi connectivity index (χ4v) is 4.34. The smallest absolute Gasteiger partial charge is 0.410 e. The van der Waals surface area contributed by atoms with Gasteiger partial charge in [-0.3, -0.25) is 4.79 Å². The zero-order valence-electron chi connectivity index (χ0n) is 17.3. The van der Waals surface area contributed by atoms with Gasteiger partial charge in [0, 0.05) is 42.3 Å². The Kier molecular flexibility index (Phi) is 4.82. The number of aliphatic hydroxyl groups is 1. The van der Waals surface area contributed by atoms with Crippen LogP contribution >= 0.6 is 11.3 Å². The van der Waals surface area contributed by atoms with E-state index in [1.54, 1.807) is 51.0 Å². The van der Waals surface area contributed by atoms with E-state index in [-0.39, 0.29) is 19.0 Å². The standard InChI is InChI=1S/C21H24N4O4S/c1-20(2,3)29-19(27)25-12-21(28,13-25)16-6-5-15(30-16)18(26)23(4)14-7-9-24-10-8-22-17(24)11-14/h5-11,28H,12-13H2,1-4H3. The van der Waals surface area contributed by atoms with Crippen molar-refractivity contribution >= 4 is 34.7 Å². The lowest BCUT2D eigenvalue weighted by atomic mass is 9.93. The van der Waals surface area contributed by atoms with E-state index in [2.05, 4.69) is 4.98 Å². The SMILES string of the molecule is CN(C(=O)c1ccc(C2(O)CN(C(=O)OC(C)(C)C)C2)s1)c1ccn2ccnc2c1. The van der Waals surface area contributed by atoms with E-state index in [1.165, 1.54) is 16.2 Å². The lowest BCUT2D eigenvalue weighted by Gasteiger charge is -2.45. The topological polar surface area (TPSA) is 87.4 Å². The molecule has 0 bridgehead atoms. The van der Waals surface area contributed by atoms with Gasteiger partial charge in [0.2, 0.25) is 0 Å². The third-order valence-electron chi connectivity index (χ3n) is 4.91. The average Bonchev–Trinajstić information content (AvgIpc) is 3.31. The summed E-state index contributed by atoms with van der Waals surface area (Å²) in [7, 11) is 1.71. The van der Waals surface area contributed by atoms with Gasteiger partial charge in [-0.25, -0.2) is 9.78 Å². The summed E-state index contributed by atoms with van der Waals surface area (Å²) in [6.07, 6.45) is 4.94. The van der Waals surface area contributed by atoms with Gasteiger partial charge >= 0.3 is 6.09 Å². The number of hydrogen-bond donors (Lipinski definition) is 1. The summed E-state index contributed by atoms with van der Waals surface area (Å²) in [6, 6.07) is 7.14. The number of β-amino-alcohol motifs (C(OH)–C–C–N with tert-alkyl or cyclic N) is 1. The number of rotatable bonds is 3. The Labute approximate surface area is 178 Å². The Hall–Kier alpha value is -2.91. The van der Waals surface area contributed by atoms with E-state index >= 15 is 0 Å². The summed E-state index contributed by atoms with van der Waals surface area (Å²) in [5.74, 6) is -0.172. The molecule has 3 aromatic rings. The van der Waals surface area contributed by atoms with Crippen molar-refractivity contribution in [3.8, 4) is 0 Å². The molecule has 4 heterocycles. The van der Waals surface area contributed by atoms with E-state index in [0.717, 1.165) is 11.3 Å². The summed E-state index contributed by atoms with van der Waals surface area (Å²) in [6.45, 7) is 5.68. The minimum Gasteiger partial charge on any atom is -0.444 e. The summed E-state index contributed by atoms with van der Waals surface area (Å²) in [5, 5.41) is 10.9. The highest BCUT2D eigenvalue weighted by Gasteiger charge is 2.47. The number of nitrogens with zero attached hydrogens (tertiary/aromatic N) is 4. The molecule has 9 heteroatoms. The lowest BCUT2D eigenvalue weighted by Crippen LogP contribution is -2.61. The molecule has 0 aliphatic carbocycles. The molecule has 8 nitrogen and oxygen atoms in total. The number of carbonyl (C=O) groups excluding carboxylic acids is 2. The van der Waals surface area contributed by atoms with Gasteiger partial charge in [-0.05, 0) is 39.0 Å². The quantitative estimate of drug-likeness (QED) is 0.693. The Morgan fingerprint density at radius 2 is 1.97 bits per heavy atom. The van der Waals surface area contributed by atoms with E-state index in [9.17, 15) is 14.7 Å². The van der Waals surface area contributed by atoms with Gasteiger partial charge in [-0.1, -0.05) is 0 Å². The normalized spacial score (nSPS) is 15.7. The number of thiophene rings is 1. The van der Waals surface area contributed by atoms with Crippen LogP contribution in [0.4, 0.5) is 10.5 Å². The molecule has 3 aromatic heterocycles. The third kappa shape index (κ3) is 3.78. The maximum Gasteiger partial charge on any atom is 0.410 e. The Bertz CT molecular complexity index is 1110. The van der Waals surface area contributed by atoms with Crippen LogP contribution in [0.5, 0.6) is 0 Å². The molecule has 0 unspecified atom stereocenters. The zero-order chi connectivity index (χ0) is 21.7. The first-order valence-electron chi connectivity index (χ1n) is 9.57. The second-order valence-electron chi connectivity index (χ2n) is 8.47. The third-order valence-corrected chi connectivity index (χ3v) is 6.17. The van der Waals surface area contributed by atoms with Gasteiger partial charge in [0.15, 0.2) is 0 Å². The van der Waals surface area contributed by atoms with Crippen molar-refractivity contribution in [2.24, 2.45) is 0 Å². The number of likely N-dealkylation sites (tertiary alicyclic amines) is 1. The molecule has 30 heavy (non-hydrogen) atoms. The van der Waals surface area contributed by atoms with Crippen LogP contribution < -0.4 is 4.90 Å². The van der Waals surface area contributed by atoms with Crippen LogP contribution in [-0.2, 0) is 10.3 Å². The van der Waals surface area contributed by atoms with Gasteiger partial charge in [0.05, 0.1) is 18.0 Å². The fourth-order valence-electron chi connectivity index (χ4n) is 3.29.